The molecule has 0 radical (unpaired) electrons. The molecule has 1 aliphatic heterocycles. The molecule has 4 nitrogen and oxygen atoms in total. The van der Waals surface area contributed by atoms with E-state index < -0.39 is 11.8 Å². The van der Waals surface area contributed by atoms with E-state index in [1.54, 1.807) is 13.8 Å². The normalized spacial score (nSPS) is 22.6. The molecule has 0 aromatic rings. The van der Waals surface area contributed by atoms with Crippen LogP contribution in [-0.2, 0) is 14.3 Å². The maximum Gasteiger partial charge on any atom is 0.339 e. The SMILES string of the molecule is CC1(C)OC(=O)C=C(N)O1. The second-order valence-corrected chi connectivity index (χ2v) is 2.47. The molecule has 0 saturated carbocycles. The van der Waals surface area contributed by atoms with Crippen LogP contribution < -0.4 is 5.73 Å². The second-order valence-electron chi connectivity index (χ2n) is 2.47. The van der Waals surface area contributed by atoms with Crippen LogP contribution in [-0.4, -0.2) is 11.8 Å². The maximum atomic E-state index is 10.6. The van der Waals surface area contributed by atoms with Gasteiger partial charge in [-0.25, -0.2) is 4.79 Å². The topological polar surface area (TPSA) is 61.5 Å². The largest absolute Gasteiger partial charge is 0.438 e. The fourth-order valence-electron chi connectivity index (χ4n) is 0.722. The van der Waals surface area contributed by atoms with E-state index in [1.165, 1.54) is 0 Å². The van der Waals surface area contributed by atoms with E-state index in [-0.39, 0.29) is 5.88 Å². The second kappa shape index (κ2) is 1.90. The molecular weight excluding hydrogens is 134 g/mol. The molecule has 0 bridgehead atoms. The molecule has 0 amide bonds. The quantitative estimate of drug-likeness (QED) is 0.488. The number of hydrogen-bond acceptors (Lipinski definition) is 4. The van der Waals surface area contributed by atoms with Gasteiger partial charge in [-0.3, -0.25) is 0 Å². The summed E-state index contributed by atoms with van der Waals surface area (Å²) in [5, 5.41) is 0. The van der Waals surface area contributed by atoms with E-state index in [1.807, 2.05) is 0 Å². The first-order valence-electron chi connectivity index (χ1n) is 2.89. The fraction of sp³-hybridized carbons (Fsp3) is 0.500. The Kier molecular flexibility index (Phi) is 1.31. The van der Waals surface area contributed by atoms with Gasteiger partial charge < -0.3 is 15.2 Å². The number of nitrogens with two attached hydrogens (primary N) is 1. The zero-order chi connectivity index (χ0) is 7.78. The van der Waals surface area contributed by atoms with Crippen molar-refractivity contribution < 1.29 is 14.3 Å². The van der Waals surface area contributed by atoms with Gasteiger partial charge in [0.2, 0.25) is 0 Å². The van der Waals surface area contributed by atoms with Crippen molar-refractivity contribution in [1.29, 1.82) is 0 Å². The van der Waals surface area contributed by atoms with Crippen molar-refractivity contribution in [2.24, 2.45) is 5.73 Å². The van der Waals surface area contributed by atoms with Crippen molar-refractivity contribution in [3.05, 3.63) is 12.0 Å². The fourth-order valence-corrected chi connectivity index (χ4v) is 0.722. The molecule has 1 rings (SSSR count). The summed E-state index contributed by atoms with van der Waals surface area (Å²) in [7, 11) is 0. The lowest BCUT2D eigenvalue weighted by molar-refractivity contribution is -0.205. The molecule has 1 aliphatic rings. The van der Waals surface area contributed by atoms with Gasteiger partial charge in [0.15, 0.2) is 5.88 Å². The van der Waals surface area contributed by atoms with Crippen LogP contribution >= 0.6 is 0 Å². The zero-order valence-corrected chi connectivity index (χ0v) is 5.88. The summed E-state index contributed by atoms with van der Waals surface area (Å²) >= 11 is 0. The van der Waals surface area contributed by atoms with Gasteiger partial charge in [-0.2, -0.15) is 0 Å². The summed E-state index contributed by atoms with van der Waals surface area (Å²) in [6.45, 7) is 3.23. The Hall–Kier alpha value is -1.19. The van der Waals surface area contributed by atoms with E-state index in [0.717, 1.165) is 6.08 Å². The Balaban J connectivity index is 2.80. The summed E-state index contributed by atoms with van der Waals surface area (Å²) in [4.78, 5) is 10.6. The van der Waals surface area contributed by atoms with Gasteiger partial charge in [0.05, 0.1) is 6.08 Å². The van der Waals surface area contributed by atoms with Gasteiger partial charge in [0.1, 0.15) is 0 Å². The maximum absolute atomic E-state index is 10.6. The van der Waals surface area contributed by atoms with Crippen LogP contribution in [0.5, 0.6) is 0 Å². The molecule has 0 fully saturated rings. The zero-order valence-electron chi connectivity index (χ0n) is 5.88. The molecule has 0 atom stereocenters. The molecule has 0 aromatic heterocycles. The van der Waals surface area contributed by atoms with E-state index in [0.29, 0.717) is 0 Å². The number of rotatable bonds is 0. The molecule has 0 unspecified atom stereocenters. The molecule has 2 N–H and O–H groups in total. The third kappa shape index (κ3) is 1.40. The molecule has 4 heteroatoms. The lowest BCUT2D eigenvalue weighted by atomic mass is 10.3. The number of hydrogen-bond donors (Lipinski definition) is 1. The number of cyclic esters (lactones) is 1. The van der Waals surface area contributed by atoms with Crippen LogP contribution in [0.4, 0.5) is 0 Å². The van der Waals surface area contributed by atoms with Gasteiger partial charge in [-0.15, -0.1) is 0 Å². The minimum atomic E-state index is -0.921. The molecular formula is C6H9NO3. The first kappa shape index (κ1) is 6.92. The van der Waals surface area contributed by atoms with Gasteiger partial charge in [-0.1, -0.05) is 0 Å². The Morgan fingerprint density at radius 2 is 2.10 bits per heavy atom. The van der Waals surface area contributed by atoms with Gasteiger partial charge in [-0.05, 0) is 0 Å². The Morgan fingerprint density at radius 1 is 1.50 bits per heavy atom. The Bertz CT molecular complexity index is 195. The van der Waals surface area contributed by atoms with Crippen molar-refractivity contribution in [2.45, 2.75) is 19.6 Å². The van der Waals surface area contributed by atoms with Crippen molar-refractivity contribution in [2.75, 3.05) is 0 Å². The minimum absolute atomic E-state index is 0.0984. The van der Waals surface area contributed by atoms with Crippen LogP contribution in [0.1, 0.15) is 13.8 Å². The van der Waals surface area contributed by atoms with Crippen molar-refractivity contribution in [3.63, 3.8) is 0 Å². The minimum Gasteiger partial charge on any atom is -0.438 e. The van der Waals surface area contributed by atoms with Crippen molar-refractivity contribution >= 4 is 5.97 Å². The van der Waals surface area contributed by atoms with Gasteiger partial charge in [0, 0.05) is 13.8 Å². The highest BCUT2D eigenvalue weighted by molar-refractivity contribution is 5.83. The average molecular weight is 143 g/mol. The molecule has 0 aliphatic carbocycles. The number of carbonyl (C=O) groups is 1. The lowest BCUT2D eigenvalue weighted by Gasteiger charge is -2.28. The Labute approximate surface area is 58.6 Å². The number of esters is 1. The molecule has 0 saturated heterocycles. The molecule has 56 valence electrons. The standard InChI is InChI=1S/C6H9NO3/c1-6(2)9-4(7)3-5(8)10-6/h3H,7H2,1-2H3. The predicted octanol–water partition coefficient (Wildman–Crippen LogP) is 0.0960. The van der Waals surface area contributed by atoms with Crippen LogP contribution in [0, 0.1) is 0 Å². The highest BCUT2D eigenvalue weighted by Gasteiger charge is 2.28. The smallest absolute Gasteiger partial charge is 0.339 e. The molecule has 1 heterocycles. The van der Waals surface area contributed by atoms with Gasteiger partial charge >= 0.3 is 5.97 Å². The predicted molar refractivity (Wildman–Crippen MR) is 33.5 cm³/mol. The molecule has 0 spiro atoms. The first-order chi connectivity index (χ1) is 4.49. The summed E-state index contributed by atoms with van der Waals surface area (Å²) < 4.78 is 9.67. The van der Waals surface area contributed by atoms with Crippen molar-refractivity contribution in [3.8, 4) is 0 Å². The van der Waals surface area contributed by atoms with E-state index >= 15 is 0 Å². The van der Waals surface area contributed by atoms with Crippen LogP contribution in [0.3, 0.4) is 0 Å². The lowest BCUT2D eigenvalue weighted by Crippen LogP contribution is -2.36. The van der Waals surface area contributed by atoms with Crippen LogP contribution in [0.15, 0.2) is 12.0 Å². The third-order valence-corrected chi connectivity index (χ3v) is 0.970. The number of carbonyl (C=O) groups excluding carboxylic acids is 1. The van der Waals surface area contributed by atoms with Crippen LogP contribution in [0.25, 0.3) is 0 Å². The highest BCUT2D eigenvalue weighted by Crippen LogP contribution is 2.18. The van der Waals surface area contributed by atoms with Crippen molar-refractivity contribution in [1.82, 2.24) is 0 Å². The third-order valence-electron chi connectivity index (χ3n) is 0.970. The first-order valence-corrected chi connectivity index (χ1v) is 2.89. The Morgan fingerprint density at radius 3 is 2.50 bits per heavy atom. The van der Waals surface area contributed by atoms with Crippen LogP contribution in [0.2, 0.25) is 0 Å². The molecule has 0 aromatic carbocycles. The van der Waals surface area contributed by atoms with Gasteiger partial charge in [0.25, 0.3) is 5.79 Å². The molecule has 10 heavy (non-hydrogen) atoms. The van der Waals surface area contributed by atoms with E-state index in [2.05, 4.69) is 0 Å². The summed E-state index contributed by atoms with van der Waals surface area (Å²) in [5.41, 5.74) is 5.24. The average Bonchev–Trinajstić information content (AvgIpc) is 1.54. The summed E-state index contributed by atoms with van der Waals surface area (Å²) in [5.74, 6) is -1.29. The highest BCUT2D eigenvalue weighted by atomic mass is 16.7. The number of ether oxygens (including phenoxy) is 2. The monoisotopic (exact) mass is 143 g/mol. The van der Waals surface area contributed by atoms with E-state index in [9.17, 15) is 4.79 Å². The van der Waals surface area contributed by atoms with E-state index in [4.69, 9.17) is 15.2 Å². The summed E-state index contributed by atoms with van der Waals surface area (Å²) in [6, 6.07) is 0. The summed E-state index contributed by atoms with van der Waals surface area (Å²) in [6.07, 6.45) is 1.10.